The van der Waals surface area contributed by atoms with Crippen LogP contribution < -0.4 is 0 Å². The Hall–Kier alpha value is -0.940. The van der Waals surface area contributed by atoms with Gasteiger partial charge in [-0.05, 0) is 17.4 Å². The van der Waals surface area contributed by atoms with Crippen molar-refractivity contribution in [1.29, 1.82) is 5.26 Å². The molecule has 0 aliphatic carbocycles. The molecule has 12 heavy (non-hydrogen) atoms. The van der Waals surface area contributed by atoms with Crippen molar-refractivity contribution in [1.82, 2.24) is 0 Å². The van der Waals surface area contributed by atoms with Gasteiger partial charge in [0, 0.05) is 5.75 Å². The molecule has 0 unspecified atom stereocenters. The van der Waals surface area contributed by atoms with E-state index in [1.807, 2.05) is 36.0 Å². The van der Waals surface area contributed by atoms with Crippen molar-refractivity contribution in [3.63, 3.8) is 0 Å². The van der Waals surface area contributed by atoms with Crippen molar-refractivity contribution in [2.45, 2.75) is 12.7 Å². The van der Waals surface area contributed by atoms with E-state index in [1.165, 1.54) is 0 Å². The normalized spacial score (nSPS) is 9.33. The van der Waals surface area contributed by atoms with Gasteiger partial charge in [-0.3, -0.25) is 0 Å². The summed E-state index contributed by atoms with van der Waals surface area (Å²) in [7, 11) is 0. The van der Waals surface area contributed by atoms with Crippen LogP contribution in [-0.4, -0.2) is 5.75 Å². The summed E-state index contributed by atoms with van der Waals surface area (Å²) in [5.41, 5.74) is 1.95. The minimum atomic E-state index is 0.804. The maximum absolute atomic E-state index is 8.76. The van der Waals surface area contributed by atoms with Crippen molar-refractivity contribution < 1.29 is 0 Å². The van der Waals surface area contributed by atoms with E-state index in [9.17, 15) is 0 Å². The lowest BCUT2D eigenvalue weighted by Gasteiger charge is -2.00. The molecule has 0 bridgehead atoms. The highest BCUT2D eigenvalue weighted by Gasteiger charge is 1.98. The van der Waals surface area contributed by atoms with Gasteiger partial charge in [-0.15, -0.1) is 0 Å². The third-order valence-electron chi connectivity index (χ3n) is 1.60. The largest absolute Gasteiger partial charge is 0.192 e. The lowest BCUT2D eigenvalue weighted by Crippen LogP contribution is -1.86. The first-order valence-electron chi connectivity index (χ1n) is 3.94. The van der Waals surface area contributed by atoms with Gasteiger partial charge in [0.2, 0.25) is 0 Å². The van der Waals surface area contributed by atoms with Gasteiger partial charge in [0.25, 0.3) is 0 Å². The molecule has 0 aliphatic heterocycles. The summed E-state index contributed by atoms with van der Waals surface area (Å²) in [5, 5.41) is 8.76. The van der Waals surface area contributed by atoms with Crippen LogP contribution in [0.25, 0.3) is 0 Å². The molecular formula is C10H11NS. The average Bonchev–Trinajstić information content (AvgIpc) is 2.15. The van der Waals surface area contributed by atoms with Crippen LogP contribution in [0.15, 0.2) is 24.3 Å². The maximum Gasteiger partial charge on any atom is 0.0994 e. The van der Waals surface area contributed by atoms with E-state index in [0.717, 1.165) is 22.6 Å². The first-order valence-corrected chi connectivity index (χ1v) is 5.09. The van der Waals surface area contributed by atoms with Crippen molar-refractivity contribution >= 4 is 11.8 Å². The van der Waals surface area contributed by atoms with Crippen LogP contribution in [0.4, 0.5) is 0 Å². The van der Waals surface area contributed by atoms with E-state index >= 15 is 0 Å². The minimum Gasteiger partial charge on any atom is -0.192 e. The van der Waals surface area contributed by atoms with E-state index in [2.05, 4.69) is 13.0 Å². The Morgan fingerprint density at radius 3 is 2.83 bits per heavy atom. The Balaban J connectivity index is 2.77. The number of nitriles is 1. The summed E-state index contributed by atoms with van der Waals surface area (Å²) in [5.74, 6) is 2.04. The van der Waals surface area contributed by atoms with Crippen molar-refractivity contribution in [3.05, 3.63) is 35.4 Å². The Labute approximate surface area is 77.4 Å². The molecule has 0 heterocycles. The lowest BCUT2D eigenvalue weighted by molar-refractivity contribution is 1.35. The molecule has 1 aromatic carbocycles. The number of nitrogens with zero attached hydrogens (tertiary/aromatic N) is 1. The fourth-order valence-corrected chi connectivity index (χ4v) is 1.64. The zero-order valence-corrected chi connectivity index (χ0v) is 7.90. The quantitative estimate of drug-likeness (QED) is 0.709. The smallest absolute Gasteiger partial charge is 0.0994 e. The molecule has 0 N–H and O–H groups in total. The summed E-state index contributed by atoms with van der Waals surface area (Å²) >= 11 is 1.84. The molecule has 0 fully saturated rings. The number of benzene rings is 1. The Bertz CT molecular complexity index is 288. The summed E-state index contributed by atoms with van der Waals surface area (Å²) in [6.07, 6.45) is 0. The first-order chi connectivity index (χ1) is 5.88. The van der Waals surface area contributed by atoms with Crippen LogP contribution in [0, 0.1) is 11.3 Å². The third-order valence-corrected chi connectivity index (χ3v) is 2.52. The standard InChI is InChI=1S/C10H11NS/c1-2-12-8-10-6-4-3-5-9(10)7-11/h3-6H,2,8H2,1H3. The first kappa shape index (κ1) is 9.15. The second-order valence-electron chi connectivity index (χ2n) is 2.41. The number of hydrogen-bond donors (Lipinski definition) is 0. The van der Waals surface area contributed by atoms with E-state index < -0.39 is 0 Å². The number of hydrogen-bond acceptors (Lipinski definition) is 2. The van der Waals surface area contributed by atoms with Crippen molar-refractivity contribution in [2.75, 3.05) is 5.75 Å². The topological polar surface area (TPSA) is 23.8 Å². The molecule has 0 saturated carbocycles. The van der Waals surface area contributed by atoms with E-state index in [1.54, 1.807) is 0 Å². The zero-order valence-electron chi connectivity index (χ0n) is 7.08. The summed E-state index contributed by atoms with van der Waals surface area (Å²) in [4.78, 5) is 0. The Kier molecular flexibility index (Phi) is 3.69. The minimum absolute atomic E-state index is 0.804. The van der Waals surface area contributed by atoms with Crippen molar-refractivity contribution in [2.24, 2.45) is 0 Å². The van der Waals surface area contributed by atoms with E-state index in [0.29, 0.717) is 0 Å². The van der Waals surface area contributed by atoms with Crippen LogP contribution in [0.2, 0.25) is 0 Å². The van der Waals surface area contributed by atoms with Gasteiger partial charge in [0.05, 0.1) is 11.6 Å². The second-order valence-corrected chi connectivity index (χ2v) is 3.68. The van der Waals surface area contributed by atoms with Crippen LogP contribution in [0.5, 0.6) is 0 Å². The molecule has 0 spiro atoms. The summed E-state index contributed by atoms with van der Waals surface area (Å²) in [6.45, 7) is 2.12. The monoisotopic (exact) mass is 177 g/mol. The fourth-order valence-electron chi connectivity index (χ4n) is 0.967. The highest BCUT2D eigenvalue weighted by molar-refractivity contribution is 7.98. The van der Waals surface area contributed by atoms with E-state index in [-0.39, 0.29) is 0 Å². The van der Waals surface area contributed by atoms with Gasteiger partial charge in [0.15, 0.2) is 0 Å². The number of rotatable bonds is 3. The van der Waals surface area contributed by atoms with Crippen LogP contribution in [0.3, 0.4) is 0 Å². The molecule has 0 aromatic heterocycles. The molecule has 0 atom stereocenters. The molecule has 0 radical (unpaired) electrons. The SMILES string of the molecule is CCSCc1ccccc1C#N. The second kappa shape index (κ2) is 4.84. The van der Waals surface area contributed by atoms with Gasteiger partial charge >= 0.3 is 0 Å². The van der Waals surface area contributed by atoms with Gasteiger partial charge in [-0.1, -0.05) is 25.1 Å². The molecular weight excluding hydrogens is 166 g/mol. The Morgan fingerprint density at radius 1 is 1.42 bits per heavy atom. The molecule has 1 nitrogen and oxygen atoms in total. The molecule has 2 heteroatoms. The summed E-state index contributed by atoms with van der Waals surface area (Å²) in [6, 6.07) is 9.95. The van der Waals surface area contributed by atoms with Gasteiger partial charge in [0.1, 0.15) is 0 Å². The predicted octanol–water partition coefficient (Wildman–Crippen LogP) is 2.81. The van der Waals surface area contributed by atoms with E-state index in [4.69, 9.17) is 5.26 Å². The molecule has 1 aromatic rings. The maximum atomic E-state index is 8.76. The highest BCUT2D eigenvalue weighted by Crippen LogP contribution is 2.15. The number of thioether (sulfide) groups is 1. The highest BCUT2D eigenvalue weighted by atomic mass is 32.2. The van der Waals surface area contributed by atoms with Gasteiger partial charge in [-0.25, -0.2) is 0 Å². The van der Waals surface area contributed by atoms with Gasteiger partial charge in [-0.2, -0.15) is 17.0 Å². The van der Waals surface area contributed by atoms with Crippen molar-refractivity contribution in [3.8, 4) is 6.07 Å². The van der Waals surface area contributed by atoms with Crippen LogP contribution in [-0.2, 0) is 5.75 Å². The summed E-state index contributed by atoms with van der Waals surface area (Å²) < 4.78 is 0. The fraction of sp³-hybridized carbons (Fsp3) is 0.300. The van der Waals surface area contributed by atoms with Gasteiger partial charge < -0.3 is 0 Å². The van der Waals surface area contributed by atoms with Crippen LogP contribution in [0.1, 0.15) is 18.1 Å². The molecule has 0 amide bonds. The predicted molar refractivity (Wildman–Crippen MR) is 53.0 cm³/mol. The zero-order chi connectivity index (χ0) is 8.81. The molecule has 0 saturated heterocycles. The molecule has 0 aliphatic rings. The van der Waals surface area contributed by atoms with Crippen LogP contribution >= 0.6 is 11.8 Å². The Morgan fingerprint density at radius 2 is 2.17 bits per heavy atom. The molecule has 1 rings (SSSR count). The third kappa shape index (κ3) is 2.28. The lowest BCUT2D eigenvalue weighted by atomic mass is 10.1. The molecule has 62 valence electrons. The average molecular weight is 177 g/mol.